The zero-order chi connectivity index (χ0) is 10.1. The Balaban J connectivity index is 3.52. The summed E-state index contributed by atoms with van der Waals surface area (Å²) in [5.74, 6) is 0.485. The molecule has 3 nitrogen and oxygen atoms in total. The molecule has 0 rings (SSSR count). The van der Waals surface area contributed by atoms with E-state index in [-0.39, 0.29) is 0 Å². The number of unbranched alkanes of at least 4 members (excludes halogenated alkanes) is 1. The zero-order valence-corrected chi connectivity index (χ0v) is 8.84. The van der Waals surface area contributed by atoms with Gasteiger partial charge in [-0.15, -0.1) is 0 Å². The first-order valence-corrected chi connectivity index (χ1v) is 4.95. The summed E-state index contributed by atoms with van der Waals surface area (Å²) < 4.78 is 9.27. The Kier molecular flexibility index (Phi) is 7.45. The van der Waals surface area contributed by atoms with Gasteiger partial charge in [-0.3, -0.25) is 0 Å². The molecule has 0 heterocycles. The highest BCUT2D eigenvalue weighted by Gasteiger charge is 2.09. The summed E-state index contributed by atoms with van der Waals surface area (Å²) in [6.45, 7) is 4.76. The molecular formula is C10H20O3. The second-order valence-electron chi connectivity index (χ2n) is 3.18. The molecule has 0 radical (unpaired) electrons. The van der Waals surface area contributed by atoms with E-state index in [1.165, 1.54) is 20.0 Å². The van der Waals surface area contributed by atoms with Crippen molar-refractivity contribution in [2.24, 2.45) is 5.92 Å². The van der Waals surface area contributed by atoms with Crippen molar-refractivity contribution in [3.05, 3.63) is 0 Å². The van der Waals surface area contributed by atoms with Gasteiger partial charge in [0.15, 0.2) is 0 Å². The van der Waals surface area contributed by atoms with Crippen LogP contribution < -0.4 is 0 Å². The predicted octanol–water partition coefficient (Wildman–Crippen LogP) is 2.99. The lowest BCUT2D eigenvalue weighted by atomic mass is 10.0. The van der Waals surface area contributed by atoms with E-state index in [9.17, 15) is 4.79 Å². The van der Waals surface area contributed by atoms with Crippen molar-refractivity contribution < 1.29 is 14.3 Å². The van der Waals surface area contributed by atoms with Gasteiger partial charge >= 0.3 is 6.16 Å². The normalized spacial score (nSPS) is 12.2. The summed E-state index contributed by atoms with van der Waals surface area (Å²) in [6.07, 6.45) is 3.99. The molecule has 0 aliphatic carbocycles. The largest absolute Gasteiger partial charge is 0.507 e. The summed E-state index contributed by atoms with van der Waals surface area (Å²) >= 11 is 0. The first-order valence-electron chi connectivity index (χ1n) is 4.95. The standard InChI is InChI=1S/C10H20O3/c1-4-6-7-9(5-2)8-13-10(11)12-3/h9H,4-8H2,1-3H3. The minimum Gasteiger partial charge on any atom is -0.438 e. The fourth-order valence-corrected chi connectivity index (χ4v) is 1.14. The van der Waals surface area contributed by atoms with Crippen LogP contribution in [0.2, 0.25) is 0 Å². The van der Waals surface area contributed by atoms with E-state index in [4.69, 9.17) is 4.74 Å². The van der Waals surface area contributed by atoms with Crippen LogP contribution in [0.5, 0.6) is 0 Å². The van der Waals surface area contributed by atoms with Crippen LogP contribution in [0.15, 0.2) is 0 Å². The van der Waals surface area contributed by atoms with Crippen molar-refractivity contribution in [1.29, 1.82) is 0 Å². The quantitative estimate of drug-likeness (QED) is 0.601. The summed E-state index contributed by atoms with van der Waals surface area (Å²) in [4.78, 5) is 10.7. The molecule has 0 aromatic carbocycles. The Hall–Kier alpha value is -0.730. The Bertz CT molecular complexity index is 134. The van der Waals surface area contributed by atoms with Crippen LogP contribution in [0.1, 0.15) is 39.5 Å². The zero-order valence-electron chi connectivity index (χ0n) is 8.84. The SMILES string of the molecule is CCCCC(CC)COC(=O)OC. The number of carbonyl (C=O) groups excluding carboxylic acids is 1. The Morgan fingerprint density at radius 2 is 2.08 bits per heavy atom. The van der Waals surface area contributed by atoms with Crippen molar-refractivity contribution in [1.82, 2.24) is 0 Å². The summed E-state index contributed by atoms with van der Waals surface area (Å²) in [5.41, 5.74) is 0. The summed E-state index contributed by atoms with van der Waals surface area (Å²) in [6, 6.07) is 0. The van der Waals surface area contributed by atoms with Gasteiger partial charge in [0.1, 0.15) is 0 Å². The van der Waals surface area contributed by atoms with Crippen LogP contribution in [0.4, 0.5) is 4.79 Å². The first-order chi connectivity index (χ1) is 6.24. The Morgan fingerprint density at radius 1 is 1.38 bits per heavy atom. The molecule has 0 aliphatic heterocycles. The van der Waals surface area contributed by atoms with Gasteiger partial charge in [0.2, 0.25) is 0 Å². The maximum atomic E-state index is 10.7. The van der Waals surface area contributed by atoms with Crippen LogP contribution in [0, 0.1) is 5.92 Å². The van der Waals surface area contributed by atoms with Crippen LogP contribution in [-0.2, 0) is 9.47 Å². The molecule has 0 amide bonds. The second kappa shape index (κ2) is 7.90. The lowest BCUT2D eigenvalue weighted by Crippen LogP contribution is -2.13. The molecule has 1 atom stereocenters. The molecule has 0 spiro atoms. The average Bonchev–Trinajstić information content (AvgIpc) is 2.17. The predicted molar refractivity (Wildman–Crippen MR) is 51.7 cm³/mol. The maximum absolute atomic E-state index is 10.7. The van der Waals surface area contributed by atoms with Crippen LogP contribution in [0.25, 0.3) is 0 Å². The highest BCUT2D eigenvalue weighted by molar-refractivity contribution is 5.59. The average molecular weight is 188 g/mol. The van der Waals surface area contributed by atoms with Crippen molar-refractivity contribution >= 4 is 6.16 Å². The smallest absolute Gasteiger partial charge is 0.438 e. The van der Waals surface area contributed by atoms with Gasteiger partial charge in [-0.2, -0.15) is 0 Å². The van der Waals surface area contributed by atoms with E-state index in [0.717, 1.165) is 12.8 Å². The minimum absolute atomic E-state index is 0.485. The van der Waals surface area contributed by atoms with E-state index in [1.54, 1.807) is 0 Å². The topological polar surface area (TPSA) is 35.5 Å². The van der Waals surface area contributed by atoms with Gasteiger partial charge in [0.25, 0.3) is 0 Å². The number of ether oxygens (including phenoxy) is 2. The monoisotopic (exact) mass is 188 g/mol. The molecule has 0 aromatic rings. The maximum Gasteiger partial charge on any atom is 0.507 e. The van der Waals surface area contributed by atoms with Crippen LogP contribution in [0.3, 0.4) is 0 Å². The third-order valence-corrected chi connectivity index (χ3v) is 2.15. The molecule has 3 heteroatoms. The summed E-state index contributed by atoms with van der Waals surface area (Å²) in [7, 11) is 1.33. The molecule has 1 unspecified atom stereocenters. The molecule has 0 N–H and O–H groups in total. The summed E-state index contributed by atoms with van der Waals surface area (Å²) in [5, 5.41) is 0. The van der Waals surface area contributed by atoms with E-state index in [2.05, 4.69) is 18.6 Å². The highest BCUT2D eigenvalue weighted by atomic mass is 16.7. The van der Waals surface area contributed by atoms with E-state index in [0.29, 0.717) is 12.5 Å². The third kappa shape index (κ3) is 6.43. The number of hydrogen-bond donors (Lipinski definition) is 0. The molecular weight excluding hydrogens is 168 g/mol. The number of carbonyl (C=O) groups is 1. The Labute approximate surface area is 80.4 Å². The van der Waals surface area contributed by atoms with Gasteiger partial charge in [-0.1, -0.05) is 33.1 Å². The second-order valence-corrected chi connectivity index (χ2v) is 3.18. The molecule has 0 aromatic heterocycles. The number of hydrogen-bond acceptors (Lipinski definition) is 3. The Morgan fingerprint density at radius 3 is 2.54 bits per heavy atom. The van der Waals surface area contributed by atoms with E-state index in [1.807, 2.05) is 0 Å². The fraction of sp³-hybridized carbons (Fsp3) is 0.900. The van der Waals surface area contributed by atoms with Gasteiger partial charge < -0.3 is 9.47 Å². The third-order valence-electron chi connectivity index (χ3n) is 2.15. The lowest BCUT2D eigenvalue weighted by Gasteiger charge is -2.13. The molecule has 0 bridgehead atoms. The van der Waals surface area contributed by atoms with Crippen LogP contribution >= 0.6 is 0 Å². The molecule has 78 valence electrons. The van der Waals surface area contributed by atoms with Gasteiger partial charge in [-0.25, -0.2) is 4.79 Å². The lowest BCUT2D eigenvalue weighted by molar-refractivity contribution is 0.0579. The minimum atomic E-state index is -0.574. The molecule has 13 heavy (non-hydrogen) atoms. The highest BCUT2D eigenvalue weighted by Crippen LogP contribution is 2.12. The molecule has 0 fully saturated rings. The van der Waals surface area contributed by atoms with E-state index >= 15 is 0 Å². The fourth-order valence-electron chi connectivity index (χ4n) is 1.14. The van der Waals surface area contributed by atoms with Gasteiger partial charge in [0.05, 0.1) is 13.7 Å². The van der Waals surface area contributed by atoms with Crippen molar-refractivity contribution in [2.75, 3.05) is 13.7 Å². The molecule has 0 saturated carbocycles. The molecule has 0 saturated heterocycles. The van der Waals surface area contributed by atoms with E-state index < -0.39 is 6.16 Å². The van der Waals surface area contributed by atoms with Crippen molar-refractivity contribution in [3.8, 4) is 0 Å². The van der Waals surface area contributed by atoms with Gasteiger partial charge in [0, 0.05) is 0 Å². The van der Waals surface area contributed by atoms with Crippen LogP contribution in [-0.4, -0.2) is 19.9 Å². The number of rotatable bonds is 6. The van der Waals surface area contributed by atoms with Crippen molar-refractivity contribution in [3.63, 3.8) is 0 Å². The van der Waals surface area contributed by atoms with Crippen molar-refractivity contribution in [2.45, 2.75) is 39.5 Å². The molecule has 0 aliphatic rings. The number of methoxy groups -OCH3 is 1. The first kappa shape index (κ1) is 12.3. The van der Waals surface area contributed by atoms with Gasteiger partial charge in [-0.05, 0) is 12.3 Å².